The molecule has 0 saturated carbocycles. The monoisotopic (exact) mass is 521 g/mol. The number of nitrogens with one attached hydrogen (secondary N) is 1. The quantitative estimate of drug-likeness (QED) is 0.478. The third kappa shape index (κ3) is 6.72. The van der Waals surface area contributed by atoms with Crippen molar-refractivity contribution in [2.45, 2.75) is 25.7 Å². The number of aliphatic carboxylic acids is 1. The molecule has 0 saturated heterocycles. The molecule has 1 aliphatic rings. The van der Waals surface area contributed by atoms with E-state index in [1.807, 2.05) is 31.2 Å². The Morgan fingerprint density at radius 1 is 1.09 bits per heavy atom. The van der Waals surface area contributed by atoms with E-state index in [-0.39, 0.29) is 47.1 Å². The maximum atomic E-state index is 12.5. The van der Waals surface area contributed by atoms with Gasteiger partial charge in [0.1, 0.15) is 17.2 Å². The molecule has 9 heteroatoms. The fourth-order valence-electron chi connectivity index (χ4n) is 3.81. The Morgan fingerprint density at radius 3 is 2.51 bits per heavy atom. The Kier molecular flexibility index (Phi) is 9.50. The number of amides is 1. The summed E-state index contributed by atoms with van der Waals surface area (Å²) >= 11 is 12.3. The molecule has 1 heterocycles. The van der Waals surface area contributed by atoms with Crippen LogP contribution in [-0.2, 0) is 11.2 Å². The number of hydrogen-bond acceptors (Lipinski definition) is 5. The van der Waals surface area contributed by atoms with Crippen molar-refractivity contribution in [2.24, 2.45) is 0 Å². The molecule has 1 aliphatic heterocycles. The number of carbonyl (C=O) groups excluding carboxylic acids is 2. The van der Waals surface area contributed by atoms with E-state index in [4.69, 9.17) is 32.7 Å². The van der Waals surface area contributed by atoms with Gasteiger partial charge in [-0.25, -0.2) is 0 Å². The minimum Gasteiger partial charge on any atom is -0.549 e. The van der Waals surface area contributed by atoms with Crippen LogP contribution in [0, 0.1) is 6.92 Å². The van der Waals surface area contributed by atoms with Crippen molar-refractivity contribution in [3.8, 4) is 17.2 Å². The van der Waals surface area contributed by atoms with Gasteiger partial charge in [-0.15, -0.1) is 0 Å². The van der Waals surface area contributed by atoms with Crippen molar-refractivity contribution in [3.63, 3.8) is 0 Å². The van der Waals surface area contributed by atoms with Gasteiger partial charge in [-0.2, -0.15) is 0 Å². The third-order valence-corrected chi connectivity index (χ3v) is 6.21. The molecule has 0 aromatic heterocycles. The zero-order valence-electron chi connectivity index (χ0n) is 19.4. The average molecular weight is 522 g/mol. The summed E-state index contributed by atoms with van der Waals surface area (Å²) in [5.41, 5.74) is 2.82. The molecule has 0 aliphatic carbocycles. The predicted molar refractivity (Wildman–Crippen MR) is 128 cm³/mol. The van der Waals surface area contributed by atoms with Gasteiger partial charge in [-0.05, 0) is 67.3 Å². The molecular formula is C26H22Cl2NNaO5. The summed E-state index contributed by atoms with van der Waals surface area (Å²) in [6.07, 6.45) is 1.02. The van der Waals surface area contributed by atoms with E-state index in [1.165, 1.54) is 0 Å². The first-order valence-corrected chi connectivity index (χ1v) is 11.6. The Hall–Kier alpha value is -2.22. The molecule has 1 atom stereocenters. The van der Waals surface area contributed by atoms with Gasteiger partial charge in [-0.1, -0.05) is 35.3 Å². The molecule has 4 rings (SSSR count). The van der Waals surface area contributed by atoms with Gasteiger partial charge in [0.05, 0.1) is 11.6 Å². The molecule has 6 nitrogen and oxygen atoms in total. The summed E-state index contributed by atoms with van der Waals surface area (Å²) < 4.78 is 11.6. The zero-order chi connectivity index (χ0) is 24.2. The van der Waals surface area contributed by atoms with Gasteiger partial charge in [0.15, 0.2) is 0 Å². The van der Waals surface area contributed by atoms with E-state index in [1.54, 1.807) is 30.3 Å². The van der Waals surface area contributed by atoms with E-state index < -0.39 is 11.9 Å². The largest absolute Gasteiger partial charge is 1.00 e. The number of aryl methyl sites for hydroxylation is 1. The molecule has 3 aromatic carbocycles. The maximum Gasteiger partial charge on any atom is 1.00 e. The van der Waals surface area contributed by atoms with Crippen LogP contribution in [0.5, 0.6) is 17.2 Å². The molecule has 0 spiro atoms. The third-order valence-electron chi connectivity index (χ3n) is 5.66. The fraction of sp³-hybridized carbons (Fsp3) is 0.231. The zero-order valence-corrected chi connectivity index (χ0v) is 22.9. The van der Waals surface area contributed by atoms with Gasteiger partial charge < -0.3 is 24.7 Å². The number of carboxylic acid groups (broad SMARTS) is 1. The number of halogens is 2. The number of hydrogen-bond donors (Lipinski definition) is 1. The van der Waals surface area contributed by atoms with Crippen LogP contribution in [0.2, 0.25) is 10.0 Å². The number of rotatable bonds is 7. The molecule has 1 amide bonds. The molecule has 0 fully saturated rings. The van der Waals surface area contributed by atoms with Crippen molar-refractivity contribution in [1.82, 2.24) is 5.32 Å². The van der Waals surface area contributed by atoms with Crippen LogP contribution in [0.25, 0.3) is 0 Å². The first kappa shape index (κ1) is 27.4. The van der Waals surface area contributed by atoms with Crippen LogP contribution in [0.3, 0.4) is 0 Å². The first-order valence-electron chi connectivity index (χ1n) is 10.8. The van der Waals surface area contributed by atoms with E-state index >= 15 is 0 Å². The summed E-state index contributed by atoms with van der Waals surface area (Å²) in [5, 5.41) is 15.3. The predicted octanol–water partition coefficient (Wildman–Crippen LogP) is 1.69. The molecule has 35 heavy (non-hydrogen) atoms. The average Bonchev–Trinajstić information content (AvgIpc) is 2.81. The summed E-state index contributed by atoms with van der Waals surface area (Å²) in [7, 11) is 0. The number of carboxylic acids is 1. The number of carbonyl (C=O) groups is 2. The maximum absolute atomic E-state index is 12.5. The first-order chi connectivity index (χ1) is 16.3. The van der Waals surface area contributed by atoms with Crippen molar-refractivity contribution >= 4 is 35.1 Å². The molecule has 0 radical (unpaired) electrons. The molecule has 176 valence electrons. The van der Waals surface area contributed by atoms with Crippen LogP contribution in [0.4, 0.5) is 0 Å². The van der Waals surface area contributed by atoms with Crippen LogP contribution < -0.4 is 49.5 Å². The van der Waals surface area contributed by atoms with Gasteiger partial charge in [0.25, 0.3) is 5.91 Å². The summed E-state index contributed by atoms with van der Waals surface area (Å²) in [4.78, 5) is 24.0. The normalized spacial score (nSPS) is 14.2. The molecule has 1 unspecified atom stereocenters. The number of ether oxygens (including phenoxy) is 2. The standard InChI is InChI=1S/C26H23Cl2NO5.Na/c1-15-12-17(25(30)29-10-8-16-2-5-18(27)6-3-16)4-7-22(15)34-24-14-23-20(13-21(24)28)19(26(31)32)9-11-33-23;/h2-7,12-14,19H,8-11H2,1H3,(H,29,30)(H,31,32);/q;+1/p-1. The Balaban J connectivity index is 0.00000342. The van der Waals surface area contributed by atoms with Crippen molar-refractivity contribution in [2.75, 3.05) is 13.2 Å². The van der Waals surface area contributed by atoms with Crippen LogP contribution in [0.15, 0.2) is 54.6 Å². The second-order valence-corrected chi connectivity index (χ2v) is 8.89. The fourth-order valence-corrected chi connectivity index (χ4v) is 4.15. The Labute approximate surface area is 235 Å². The van der Waals surface area contributed by atoms with Gasteiger partial charge in [0, 0.05) is 40.6 Å². The van der Waals surface area contributed by atoms with Gasteiger partial charge in [-0.3, -0.25) is 4.79 Å². The van der Waals surface area contributed by atoms with E-state index in [0.717, 1.165) is 11.1 Å². The molecule has 1 N–H and O–H groups in total. The van der Waals surface area contributed by atoms with E-state index in [2.05, 4.69) is 5.32 Å². The summed E-state index contributed by atoms with van der Waals surface area (Å²) in [6.45, 7) is 2.59. The van der Waals surface area contributed by atoms with Crippen LogP contribution >= 0.6 is 23.2 Å². The SMILES string of the molecule is Cc1cc(C(=O)NCCc2ccc(Cl)cc2)ccc1Oc1cc2c(cc1Cl)C(C(=O)[O-])CCO2.[Na+]. The minimum atomic E-state index is -1.16. The molecular weight excluding hydrogens is 500 g/mol. The molecule has 0 bridgehead atoms. The van der Waals surface area contributed by atoms with Gasteiger partial charge >= 0.3 is 29.6 Å². The van der Waals surface area contributed by atoms with Crippen LogP contribution in [-0.4, -0.2) is 25.0 Å². The summed E-state index contributed by atoms with van der Waals surface area (Å²) in [6, 6.07) is 15.8. The molecule has 3 aromatic rings. The van der Waals surface area contributed by atoms with Crippen molar-refractivity contribution < 1.29 is 53.7 Å². The Bertz CT molecular complexity index is 1230. The van der Waals surface area contributed by atoms with E-state index in [0.29, 0.717) is 52.8 Å². The smallest absolute Gasteiger partial charge is 0.549 e. The second-order valence-electron chi connectivity index (χ2n) is 8.04. The number of benzene rings is 3. The second kappa shape index (κ2) is 12.2. The van der Waals surface area contributed by atoms with Crippen LogP contribution in [0.1, 0.15) is 39.4 Å². The van der Waals surface area contributed by atoms with Crippen molar-refractivity contribution in [1.29, 1.82) is 0 Å². The van der Waals surface area contributed by atoms with E-state index in [9.17, 15) is 14.7 Å². The van der Waals surface area contributed by atoms with Crippen molar-refractivity contribution in [3.05, 3.63) is 86.9 Å². The Morgan fingerprint density at radius 2 is 1.83 bits per heavy atom. The number of fused-ring (bicyclic) bond motifs is 1. The summed E-state index contributed by atoms with van der Waals surface area (Å²) in [5.74, 6) is -0.845. The minimum absolute atomic E-state index is 0. The van der Waals surface area contributed by atoms with Gasteiger partial charge in [0.2, 0.25) is 0 Å². The topological polar surface area (TPSA) is 87.7 Å².